The molecule has 1 saturated heterocycles. The van der Waals surface area contributed by atoms with E-state index in [9.17, 15) is 4.79 Å². The van der Waals surface area contributed by atoms with Crippen LogP contribution in [-0.4, -0.2) is 30.1 Å². The number of nitrogens with zero attached hydrogens (tertiary/aromatic N) is 2. The number of benzene rings is 3. The second kappa shape index (κ2) is 9.53. The summed E-state index contributed by atoms with van der Waals surface area (Å²) in [4.78, 5) is 19.4. The van der Waals surface area contributed by atoms with Gasteiger partial charge in [-0.2, -0.15) is 0 Å². The molecule has 0 atom stereocenters. The Hall–Kier alpha value is -3.51. The van der Waals surface area contributed by atoms with Crippen molar-refractivity contribution in [3.63, 3.8) is 0 Å². The van der Waals surface area contributed by atoms with Crippen molar-refractivity contribution in [2.24, 2.45) is 4.99 Å². The molecule has 1 aliphatic rings. The van der Waals surface area contributed by atoms with Gasteiger partial charge in [0.25, 0.3) is 5.91 Å². The Kier molecular flexibility index (Phi) is 6.38. The van der Waals surface area contributed by atoms with Crippen molar-refractivity contribution in [3.8, 4) is 11.5 Å². The number of hydrogen-bond donors (Lipinski definition) is 0. The first-order chi connectivity index (χ1) is 15.1. The molecule has 1 heterocycles. The molecule has 1 aliphatic heterocycles. The van der Waals surface area contributed by atoms with E-state index in [1.54, 1.807) is 19.1 Å². The summed E-state index contributed by atoms with van der Waals surface area (Å²) >= 11 is 1.36. The summed E-state index contributed by atoms with van der Waals surface area (Å²) < 4.78 is 11.4. The first-order valence-electron chi connectivity index (χ1n) is 9.80. The maximum absolute atomic E-state index is 12.7. The van der Waals surface area contributed by atoms with Crippen LogP contribution in [0, 0.1) is 0 Å². The predicted octanol–water partition coefficient (Wildman–Crippen LogP) is 5.51. The van der Waals surface area contributed by atoms with Gasteiger partial charge in [0, 0.05) is 7.05 Å². The van der Waals surface area contributed by atoms with Crippen LogP contribution in [0.4, 0.5) is 5.69 Å². The number of likely N-dealkylation sites (N-methyl/N-ethyl adjacent to an activating group) is 1. The van der Waals surface area contributed by atoms with Gasteiger partial charge in [-0.1, -0.05) is 54.6 Å². The molecule has 1 fully saturated rings. The fourth-order valence-electron chi connectivity index (χ4n) is 3.04. The summed E-state index contributed by atoms with van der Waals surface area (Å²) in [6, 6.07) is 25.2. The minimum Gasteiger partial charge on any atom is -0.493 e. The lowest BCUT2D eigenvalue weighted by atomic mass is 10.2. The number of thioether (sulfide) groups is 1. The SMILES string of the molecule is COc1cc(/C=C2\SC(=Nc3ccccc3)N(C)C2=O)ccc1OCc1ccccc1. The van der Waals surface area contributed by atoms with E-state index in [-0.39, 0.29) is 5.91 Å². The Labute approximate surface area is 186 Å². The van der Waals surface area contributed by atoms with Gasteiger partial charge in [-0.25, -0.2) is 4.99 Å². The molecule has 5 nitrogen and oxygen atoms in total. The van der Waals surface area contributed by atoms with Crippen molar-refractivity contribution in [2.75, 3.05) is 14.2 Å². The van der Waals surface area contributed by atoms with Crippen LogP contribution in [0.25, 0.3) is 6.08 Å². The number of rotatable bonds is 6. The number of aliphatic imine (C=N–C) groups is 1. The fourth-order valence-corrected chi connectivity index (χ4v) is 4.03. The summed E-state index contributed by atoms with van der Waals surface area (Å²) in [5, 5.41) is 0.650. The number of amides is 1. The maximum Gasteiger partial charge on any atom is 0.266 e. The summed E-state index contributed by atoms with van der Waals surface area (Å²) in [5.74, 6) is 1.19. The van der Waals surface area contributed by atoms with Crippen molar-refractivity contribution in [3.05, 3.63) is 94.9 Å². The molecule has 0 unspecified atom stereocenters. The minimum absolute atomic E-state index is 0.0805. The van der Waals surface area contributed by atoms with Gasteiger partial charge in [0.15, 0.2) is 16.7 Å². The van der Waals surface area contributed by atoms with Crippen LogP contribution in [-0.2, 0) is 11.4 Å². The number of hydrogen-bond acceptors (Lipinski definition) is 5. The Balaban J connectivity index is 1.52. The van der Waals surface area contributed by atoms with Gasteiger partial charge in [-0.05, 0) is 53.2 Å². The fraction of sp³-hybridized carbons (Fsp3) is 0.120. The van der Waals surface area contributed by atoms with Crippen molar-refractivity contribution >= 4 is 34.6 Å². The van der Waals surface area contributed by atoms with E-state index >= 15 is 0 Å². The van der Waals surface area contributed by atoms with Crippen LogP contribution in [0.2, 0.25) is 0 Å². The number of para-hydroxylation sites is 1. The van der Waals surface area contributed by atoms with E-state index in [2.05, 4.69) is 4.99 Å². The van der Waals surface area contributed by atoms with Crippen LogP contribution < -0.4 is 9.47 Å². The highest BCUT2D eigenvalue weighted by Gasteiger charge is 2.30. The quantitative estimate of drug-likeness (QED) is 0.484. The Morgan fingerprint density at radius 2 is 1.68 bits per heavy atom. The molecule has 0 saturated carbocycles. The summed E-state index contributed by atoms with van der Waals surface area (Å²) in [6.07, 6.45) is 1.85. The number of amidine groups is 1. The molecule has 0 spiro atoms. The molecule has 0 aliphatic carbocycles. The van der Waals surface area contributed by atoms with Crippen LogP contribution in [0.15, 0.2) is 88.8 Å². The van der Waals surface area contributed by atoms with Gasteiger partial charge >= 0.3 is 0 Å². The Morgan fingerprint density at radius 1 is 0.968 bits per heavy atom. The van der Waals surface area contributed by atoms with Crippen LogP contribution in [0.1, 0.15) is 11.1 Å². The lowest BCUT2D eigenvalue weighted by Crippen LogP contribution is -2.23. The molecule has 0 N–H and O–H groups in total. The van der Waals surface area contributed by atoms with Crippen molar-refractivity contribution < 1.29 is 14.3 Å². The van der Waals surface area contributed by atoms with Gasteiger partial charge in [0.05, 0.1) is 17.7 Å². The highest BCUT2D eigenvalue weighted by molar-refractivity contribution is 8.18. The first-order valence-corrected chi connectivity index (χ1v) is 10.6. The zero-order chi connectivity index (χ0) is 21.6. The van der Waals surface area contributed by atoms with Gasteiger partial charge in [0.1, 0.15) is 6.61 Å². The highest BCUT2D eigenvalue weighted by Crippen LogP contribution is 2.35. The van der Waals surface area contributed by atoms with E-state index in [0.29, 0.717) is 28.2 Å². The monoisotopic (exact) mass is 430 g/mol. The van der Waals surface area contributed by atoms with Crippen molar-refractivity contribution in [1.82, 2.24) is 4.90 Å². The second-order valence-corrected chi connectivity index (χ2v) is 7.90. The van der Waals surface area contributed by atoms with E-state index in [1.165, 1.54) is 11.8 Å². The third-order valence-corrected chi connectivity index (χ3v) is 5.77. The summed E-state index contributed by atoms with van der Waals surface area (Å²) in [5.41, 5.74) is 2.75. The van der Waals surface area contributed by atoms with E-state index in [1.807, 2.05) is 84.9 Å². The Morgan fingerprint density at radius 3 is 2.39 bits per heavy atom. The molecular formula is C25H22N2O3S. The van der Waals surface area contributed by atoms with Crippen molar-refractivity contribution in [1.29, 1.82) is 0 Å². The number of carbonyl (C=O) groups is 1. The normalized spacial score (nSPS) is 16.2. The summed E-state index contributed by atoms with van der Waals surface area (Å²) in [6.45, 7) is 0.454. The van der Waals surface area contributed by atoms with E-state index in [4.69, 9.17) is 9.47 Å². The molecule has 3 aromatic rings. The van der Waals surface area contributed by atoms with Crippen LogP contribution >= 0.6 is 11.8 Å². The topological polar surface area (TPSA) is 51.1 Å². The third-order valence-electron chi connectivity index (χ3n) is 4.71. The lowest BCUT2D eigenvalue weighted by molar-refractivity contribution is -0.121. The number of ether oxygens (including phenoxy) is 2. The molecule has 4 rings (SSSR count). The van der Waals surface area contributed by atoms with E-state index < -0.39 is 0 Å². The molecule has 6 heteroatoms. The zero-order valence-corrected chi connectivity index (χ0v) is 18.1. The van der Waals surface area contributed by atoms with Crippen LogP contribution in [0.5, 0.6) is 11.5 Å². The molecule has 156 valence electrons. The first kappa shape index (κ1) is 20.8. The zero-order valence-electron chi connectivity index (χ0n) is 17.3. The van der Waals surface area contributed by atoms with Gasteiger partial charge in [-0.3, -0.25) is 9.69 Å². The van der Waals surface area contributed by atoms with Gasteiger partial charge in [-0.15, -0.1) is 0 Å². The van der Waals surface area contributed by atoms with Crippen LogP contribution in [0.3, 0.4) is 0 Å². The minimum atomic E-state index is -0.0805. The number of carbonyl (C=O) groups excluding carboxylic acids is 1. The molecular weight excluding hydrogens is 408 g/mol. The largest absolute Gasteiger partial charge is 0.493 e. The second-order valence-electron chi connectivity index (χ2n) is 6.89. The summed E-state index contributed by atoms with van der Waals surface area (Å²) in [7, 11) is 3.34. The number of methoxy groups -OCH3 is 1. The average molecular weight is 431 g/mol. The average Bonchev–Trinajstić information content (AvgIpc) is 3.07. The Bertz CT molecular complexity index is 1130. The van der Waals surface area contributed by atoms with Gasteiger partial charge < -0.3 is 9.47 Å². The molecule has 31 heavy (non-hydrogen) atoms. The highest BCUT2D eigenvalue weighted by atomic mass is 32.2. The molecule has 3 aromatic carbocycles. The molecule has 1 amide bonds. The standard InChI is InChI=1S/C25H22N2O3S/c1-27-24(28)23(31-25(27)26-20-11-7-4-8-12-20)16-19-13-14-21(22(15-19)29-2)30-17-18-9-5-3-6-10-18/h3-16H,17H2,1-2H3/b23-16-,26-25?. The maximum atomic E-state index is 12.7. The third kappa shape index (κ3) is 4.98. The van der Waals surface area contributed by atoms with E-state index in [0.717, 1.165) is 16.8 Å². The van der Waals surface area contributed by atoms with Crippen molar-refractivity contribution in [2.45, 2.75) is 6.61 Å². The smallest absolute Gasteiger partial charge is 0.266 e. The lowest BCUT2D eigenvalue weighted by Gasteiger charge is -2.11. The predicted molar refractivity (Wildman–Crippen MR) is 126 cm³/mol. The molecule has 0 radical (unpaired) electrons. The van der Waals surface area contributed by atoms with Gasteiger partial charge in [0.2, 0.25) is 0 Å². The molecule has 0 bridgehead atoms. The molecule has 0 aromatic heterocycles.